The van der Waals surface area contributed by atoms with Gasteiger partial charge in [0.25, 0.3) is 0 Å². The first kappa shape index (κ1) is 11.7. The van der Waals surface area contributed by atoms with Crippen LogP contribution in [-0.2, 0) is 4.74 Å². The van der Waals surface area contributed by atoms with Gasteiger partial charge in [0, 0.05) is 5.02 Å². The highest BCUT2D eigenvalue weighted by atomic mass is 35.5. The molecule has 0 saturated carbocycles. The van der Waals surface area contributed by atoms with Crippen LogP contribution in [0.3, 0.4) is 0 Å². The molecule has 3 heteroatoms. The van der Waals surface area contributed by atoms with E-state index in [-0.39, 0.29) is 5.97 Å². The van der Waals surface area contributed by atoms with E-state index in [4.69, 9.17) is 11.6 Å². The molecule has 2 aromatic carbocycles. The molecule has 2 aromatic rings. The number of carbonyl (C=O) groups excluding carboxylic acids is 1. The van der Waals surface area contributed by atoms with E-state index >= 15 is 0 Å². The van der Waals surface area contributed by atoms with E-state index in [1.807, 2.05) is 36.4 Å². The second kappa shape index (κ2) is 5.02. The molecule has 0 aromatic heterocycles. The van der Waals surface area contributed by atoms with E-state index in [1.165, 1.54) is 7.11 Å². The third-order valence-corrected chi connectivity index (χ3v) is 2.64. The first-order valence-electron chi connectivity index (χ1n) is 5.15. The maximum atomic E-state index is 11.5. The van der Waals surface area contributed by atoms with Crippen LogP contribution in [0.1, 0.15) is 10.4 Å². The zero-order chi connectivity index (χ0) is 12.3. The Kier molecular flexibility index (Phi) is 3.45. The lowest BCUT2D eigenvalue weighted by Crippen LogP contribution is -2.01. The summed E-state index contributed by atoms with van der Waals surface area (Å²) in [6, 6.07) is 14.9. The Labute approximate surface area is 105 Å². The fourth-order valence-corrected chi connectivity index (χ4v) is 1.86. The topological polar surface area (TPSA) is 26.3 Å². The smallest absolute Gasteiger partial charge is 0.337 e. The van der Waals surface area contributed by atoms with Gasteiger partial charge in [-0.05, 0) is 29.3 Å². The molecule has 0 aliphatic rings. The molecule has 86 valence electrons. The van der Waals surface area contributed by atoms with Crippen LogP contribution >= 0.6 is 11.6 Å². The third-order valence-electron chi connectivity index (χ3n) is 2.43. The Morgan fingerprint density at radius 3 is 2.41 bits per heavy atom. The Morgan fingerprint density at radius 2 is 1.76 bits per heavy atom. The largest absolute Gasteiger partial charge is 0.465 e. The zero-order valence-electron chi connectivity index (χ0n) is 9.31. The number of ether oxygens (including phenoxy) is 1. The third kappa shape index (κ3) is 2.66. The first-order chi connectivity index (χ1) is 8.20. The lowest BCUT2D eigenvalue weighted by molar-refractivity contribution is 0.0601. The monoisotopic (exact) mass is 246 g/mol. The molecule has 0 heterocycles. The summed E-state index contributed by atoms with van der Waals surface area (Å²) in [4.78, 5) is 11.5. The zero-order valence-corrected chi connectivity index (χ0v) is 10.1. The normalized spacial score (nSPS) is 10.0. The molecule has 0 aliphatic heterocycles. The molecule has 0 saturated heterocycles. The average molecular weight is 247 g/mol. The van der Waals surface area contributed by atoms with Gasteiger partial charge in [-0.25, -0.2) is 4.79 Å². The predicted molar refractivity (Wildman–Crippen MR) is 68.2 cm³/mol. The van der Waals surface area contributed by atoms with Crippen molar-refractivity contribution in [3.05, 3.63) is 59.1 Å². The van der Waals surface area contributed by atoms with Crippen molar-refractivity contribution in [3.63, 3.8) is 0 Å². The van der Waals surface area contributed by atoms with Crippen molar-refractivity contribution in [1.82, 2.24) is 0 Å². The molecule has 0 bridgehead atoms. The van der Waals surface area contributed by atoms with Gasteiger partial charge in [-0.1, -0.05) is 41.9 Å². The Balaban J connectivity index is 2.49. The number of carbonyl (C=O) groups is 1. The SMILES string of the molecule is COC(=O)c1cc(Cl)cc(-c2ccccc2)c1. The number of methoxy groups -OCH3 is 1. The minimum absolute atomic E-state index is 0.385. The van der Waals surface area contributed by atoms with Crippen LogP contribution in [-0.4, -0.2) is 13.1 Å². The molecule has 17 heavy (non-hydrogen) atoms. The van der Waals surface area contributed by atoms with Gasteiger partial charge in [0.05, 0.1) is 12.7 Å². The van der Waals surface area contributed by atoms with Crippen LogP contribution in [0.25, 0.3) is 11.1 Å². The van der Waals surface area contributed by atoms with Crippen molar-refractivity contribution in [1.29, 1.82) is 0 Å². The molecule has 0 atom stereocenters. The maximum absolute atomic E-state index is 11.5. The van der Waals surface area contributed by atoms with Crippen LogP contribution in [0.15, 0.2) is 48.5 Å². The fourth-order valence-electron chi connectivity index (χ4n) is 1.62. The van der Waals surface area contributed by atoms with Crippen molar-refractivity contribution in [3.8, 4) is 11.1 Å². The summed E-state index contributed by atoms with van der Waals surface area (Å²) in [5, 5.41) is 0.520. The molecule has 0 fully saturated rings. The van der Waals surface area contributed by atoms with Crippen LogP contribution in [0, 0.1) is 0 Å². The fraction of sp³-hybridized carbons (Fsp3) is 0.0714. The molecule has 0 radical (unpaired) electrons. The van der Waals surface area contributed by atoms with Crippen LogP contribution in [0.4, 0.5) is 0 Å². The van der Waals surface area contributed by atoms with Crippen LogP contribution in [0.5, 0.6) is 0 Å². The minimum Gasteiger partial charge on any atom is -0.465 e. The van der Waals surface area contributed by atoms with Crippen molar-refractivity contribution in [2.24, 2.45) is 0 Å². The Hall–Kier alpha value is -1.80. The van der Waals surface area contributed by atoms with Gasteiger partial charge in [-0.15, -0.1) is 0 Å². The number of esters is 1. The van der Waals surface area contributed by atoms with Gasteiger partial charge in [-0.3, -0.25) is 0 Å². The van der Waals surface area contributed by atoms with Gasteiger partial charge in [0.2, 0.25) is 0 Å². The van der Waals surface area contributed by atoms with Gasteiger partial charge < -0.3 is 4.74 Å². The molecule has 0 amide bonds. The number of hydrogen-bond acceptors (Lipinski definition) is 2. The molecule has 0 aliphatic carbocycles. The van der Waals surface area contributed by atoms with Crippen molar-refractivity contribution in [2.45, 2.75) is 0 Å². The number of halogens is 1. The minimum atomic E-state index is -0.385. The van der Waals surface area contributed by atoms with E-state index < -0.39 is 0 Å². The van der Waals surface area contributed by atoms with E-state index in [0.29, 0.717) is 10.6 Å². The van der Waals surface area contributed by atoms with Crippen molar-refractivity contribution < 1.29 is 9.53 Å². The predicted octanol–water partition coefficient (Wildman–Crippen LogP) is 3.79. The molecule has 0 spiro atoms. The van der Waals surface area contributed by atoms with E-state index in [2.05, 4.69) is 4.74 Å². The number of benzene rings is 2. The summed E-state index contributed by atoms with van der Waals surface area (Å²) in [6.07, 6.45) is 0. The summed E-state index contributed by atoms with van der Waals surface area (Å²) in [6.45, 7) is 0. The van der Waals surface area contributed by atoms with Crippen molar-refractivity contribution >= 4 is 17.6 Å². The van der Waals surface area contributed by atoms with Crippen molar-refractivity contribution in [2.75, 3.05) is 7.11 Å². The first-order valence-corrected chi connectivity index (χ1v) is 5.53. The van der Waals surface area contributed by atoms with Gasteiger partial charge in [0.1, 0.15) is 0 Å². The lowest BCUT2D eigenvalue weighted by Gasteiger charge is -2.05. The van der Waals surface area contributed by atoms with E-state index in [1.54, 1.807) is 12.1 Å². The molecule has 0 unspecified atom stereocenters. The highest BCUT2D eigenvalue weighted by molar-refractivity contribution is 6.31. The molecular formula is C14H11ClO2. The Morgan fingerprint density at radius 1 is 1.06 bits per heavy atom. The average Bonchev–Trinajstić information content (AvgIpc) is 2.38. The number of rotatable bonds is 2. The Bertz CT molecular complexity index is 535. The van der Waals surface area contributed by atoms with Gasteiger partial charge in [0.15, 0.2) is 0 Å². The second-order valence-electron chi connectivity index (χ2n) is 3.59. The molecular weight excluding hydrogens is 236 g/mol. The lowest BCUT2D eigenvalue weighted by atomic mass is 10.0. The highest BCUT2D eigenvalue weighted by Crippen LogP contribution is 2.24. The van der Waals surface area contributed by atoms with E-state index in [9.17, 15) is 4.79 Å². The van der Waals surface area contributed by atoms with Gasteiger partial charge >= 0.3 is 5.97 Å². The summed E-state index contributed by atoms with van der Waals surface area (Å²) in [5.41, 5.74) is 2.37. The quantitative estimate of drug-likeness (QED) is 0.754. The van der Waals surface area contributed by atoms with Crippen LogP contribution < -0.4 is 0 Å². The molecule has 2 rings (SSSR count). The summed E-state index contributed by atoms with van der Waals surface area (Å²) in [7, 11) is 1.35. The highest BCUT2D eigenvalue weighted by Gasteiger charge is 2.08. The summed E-state index contributed by atoms with van der Waals surface area (Å²) < 4.78 is 4.68. The standard InChI is InChI=1S/C14H11ClO2/c1-17-14(16)12-7-11(8-13(15)9-12)10-5-3-2-4-6-10/h2-9H,1H3. The molecule has 2 nitrogen and oxygen atoms in total. The summed E-state index contributed by atoms with van der Waals surface area (Å²) >= 11 is 5.99. The van der Waals surface area contributed by atoms with E-state index in [0.717, 1.165) is 11.1 Å². The van der Waals surface area contributed by atoms with Gasteiger partial charge in [-0.2, -0.15) is 0 Å². The second-order valence-corrected chi connectivity index (χ2v) is 4.02. The maximum Gasteiger partial charge on any atom is 0.337 e. The van der Waals surface area contributed by atoms with Crippen LogP contribution in [0.2, 0.25) is 5.02 Å². The summed E-state index contributed by atoms with van der Waals surface area (Å²) in [5.74, 6) is -0.385. The molecule has 0 N–H and O–H groups in total. The number of hydrogen-bond donors (Lipinski definition) is 0.